The molecule has 5 aromatic rings. The van der Waals surface area contributed by atoms with Gasteiger partial charge >= 0.3 is 0 Å². The first-order valence-corrected chi connectivity index (χ1v) is 20.7. The molecule has 314 valence electrons. The second-order valence-corrected chi connectivity index (χ2v) is 15.5. The molecule has 0 unspecified atom stereocenters. The first kappa shape index (κ1) is 41.0. The van der Waals surface area contributed by atoms with Gasteiger partial charge in [0.25, 0.3) is 0 Å². The Kier molecular flexibility index (Phi) is 13.7. The van der Waals surface area contributed by atoms with Gasteiger partial charge in [0.05, 0.1) is 46.2 Å². The van der Waals surface area contributed by atoms with Crippen molar-refractivity contribution in [2.24, 2.45) is 0 Å². The standard InChI is InChI=1S/C49H52O11/c1-50-48-45(54-28-34-17-8-3-9-18-34)43(52-27-33-15-6-2-7-16-33)41-39(57-48)31-51-26-36-21-14-22-37(25-36)30-53-44-42-40(32-56-47(59-42)38-23-12-5-13-24-38)58-49(60-41)46(44)55-29-35-19-10-4-11-20-35/h2-25,39-49H,26-32H2,1H3/t39-,40-,41-,42-,43+,44+,45-,46-,47-,48+,49-/m1/s1. The number of hydrogen-bond donors (Lipinski definition) is 0. The number of benzene rings is 5. The predicted octanol–water partition coefficient (Wildman–Crippen LogP) is 7.45. The molecule has 3 saturated heterocycles. The lowest BCUT2D eigenvalue weighted by Crippen LogP contribution is -2.67. The van der Waals surface area contributed by atoms with E-state index in [1.807, 2.05) is 140 Å². The Morgan fingerprint density at radius 3 is 1.68 bits per heavy atom. The van der Waals surface area contributed by atoms with Crippen molar-refractivity contribution in [3.8, 4) is 0 Å². The monoisotopic (exact) mass is 816 g/mol. The molecule has 0 saturated carbocycles. The van der Waals surface area contributed by atoms with Crippen molar-refractivity contribution in [3.63, 3.8) is 0 Å². The molecule has 11 atom stereocenters. The van der Waals surface area contributed by atoms with Crippen LogP contribution in [0.4, 0.5) is 0 Å². The van der Waals surface area contributed by atoms with Crippen LogP contribution in [0.1, 0.15) is 39.7 Å². The number of fused-ring (bicyclic) bond motifs is 7. The summed E-state index contributed by atoms with van der Waals surface area (Å²) in [6.07, 6.45) is -7.83. The van der Waals surface area contributed by atoms with Gasteiger partial charge in [-0.2, -0.15) is 0 Å². The molecule has 4 heterocycles. The van der Waals surface area contributed by atoms with Crippen molar-refractivity contribution in [1.29, 1.82) is 0 Å². The number of methoxy groups -OCH3 is 1. The molecular weight excluding hydrogens is 765 g/mol. The molecular formula is C49H52O11. The molecule has 0 spiro atoms. The third-order valence-corrected chi connectivity index (χ3v) is 11.3. The molecule has 60 heavy (non-hydrogen) atoms. The fourth-order valence-corrected chi connectivity index (χ4v) is 8.28. The van der Waals surface area contributed by atoms with Gasteiger partial charge < -0.3 is 52.1 Å². The molecule has 0 aromatic heterocycles. The van der Waals surface area contributed by atoms with E-state index < -0.39 is 67.7 Å². The Morgan fingerprint density at radius 1 is 0.483 bits per heavy atom. The van der Waals surface area contributed by atoms with Crippen LogP contribution in [0, 0.1) is 0 Å². The van der Waals surface area contributed by atoms with Crippen molar-refractivity contribution in [2.75, 3.05) is 20.3 Å². The summed E-state index contributed by atoms with van der Waals surface area (Å²) in [7, 11) is 1.61. The highest BCUT2D eigenvalue weighted by Crippen LogP contribution is 2.40. The minimum atomic E-state index is -0.984. The first-order valence-electron chi connectivity index (χ1n) is 20.7. The maximum Gasteiger partial charge on any atom is 0.187 e. The summed E-state index contributed by atoms with van der Waals surface area (Å²) in [5, 5.41) is 0. The van der Waals surface area contributed by atoms with Crippen molar-refractivity contribution < 1.29 is 52.1 Å². The maximum atomic E-state index is 7.25. The minimum Gasteiger partial charge on any atom is -0.374 e. The van der Waals surface area contributed by atoms with Crippen LogP contribution in [-0.2, 0) is 85.1 Å². The minimum absolute atomic E-state index is 0.171. The van der Waals surface area contributed by atoms with E-state index in [4.69, 9.17) is 52.1 Å². The van der Waals surface area contributed by atoms with Crippen LogP contribution in [0.3, 0.4) is 0 Å². The van der Waals surface area contributed by atoms with Gasteiger partial charge in [-0.1, -0.05) is 146 Å². The maximum absolute atomic E-state index is 7.25. The SMILES string of the molecule is CO[C@H]1O[C@@H]2COCc3cccc(c3)CO[C@@H]3[C@@H](OCc4ccccc4)[C@@H](O[C@H]2[C@H](OCc2ccccc2)[C@H]1OCc1ccccc1)O[C@@H]1CO[C@@H](c2ccccc2)O[C@@H]31. The largest absolute Gasteiger partial charge is 0.374 e. The second kappa shape index (κ2) is 20.0. The van der Waals surface area contributed by atoms with E-state index in [1.54, 1.807) is 7.11 Å². The number of hydrogen-bond acceptors (Lipinski definition) is 11. The van der Waals surface area contributed by atoms with Crippen LogP contribution in [0.25, 0.3) is 0 Å². The molecule has 3 fully saturated rings. The zero-order valence-corrected chi connectivity index (χ0v) is 33.6. The van der Waals surface area contributed by atoms with Crippen molar-refractivity contribution in [2.45, 2.75) is 101 Å². The van der Waals surface area contributed by atoms with Gasteiger partial charge in [0, 0.05) is 12.7 Å². The quantitative estimate of drug-likeness (QED) is 0.133. The van der Waals surface area contributed by atoms with Crippen molar-refractivity contribution >= 4 is 0 Å². The van der Waals surface area contributed by atoms with E-state index in [0.717, 1.165) is 33.4 Å². The summed E-state index contributed by atoms with van der Waals surface area (Å²) in [6, 6.07) is 48.2. The van der Waals surface area contributed by atoms with Crippen LogP contribution < -0.4 is 0 Å². The summed E-state index contributed by atoms with van der Waals surface area (Å²) in [6.45, 7) is 1.90. The highest BCUT2D eigenvalue weighted by molar-refractivity contribution is 5.23. The van der Waals surface area contributed by atoms with Crippen LogP contribution in [0.2, 0.25) is 0 Å². The fraction of sp³-hybridized carbons (Fsp3) is 0.388. The molecule has 0 amide bonds. The van der Waals surface area contributed by atoms with E-state index >= 15 is 0 Å². The van der Waals surface area contributed by atoms with E-state index in [9.17, 15) is 0 Å². The average Bonchev–Trinajstić information content (AvgIpc) is 3.30. The molecule has 0 aliphatic carbocycles. The van der Waals surface area contributed by atoms with Crippen molar-refractivity contribution in [1.82, 2.24) is 0 Å². The van der Waals surface area contributed by atoms with E-state index in [-0.39, 0.29) is 26.4 Å². The van der Waals surface area contributed by atoms with Crippen LogP contribution in [0.15, 0.2) is 146 Å². The van der Waals surface area contributed by atoms with E-state index in [2.05, 4.69) is 6.07 Å². The Bertz CT molecular complexity index is 2040. The zero-order chi connectivity index (χ0) is 40.5. The molecule has 9 rings (SSSR count). The lowest BCUT2D eigenvalue weighted by atomic mass is 9.95. The predicted molar refractivity (Wildman–Crippen MR) is 219 cm³/mol. The number of rotatable bonds is 11. The second-order valence-electron chi connectivity index (χ2n) is 15.5. The average molecular weight is 817 g/mol. The molecule has 11 heteroatoms. The molecule has 11 nitrogen and oxygen atoms in total. The van der Waals surface area contributed by atoms with Gasteiger partial charge in [-0.25, -0.2) is 0 Å². The van der Waals surface area contributed by atoms with Crippen LogP contribution in [-0.4, -0.2) is 81.7 Å². The normalized spacial score (nSPS) is 30.6. The highest BCUT2D eigenvalue weighted by Gasteiger charge is 2.56. The third-order valence-electron chi connectivity index (χ3n) is 11.3. The smallest absolute Gasteiger partial charge is 0.187 e. The molecule has 0 N–H and O–H groups in total. The first-order chi connectivity index (χ1) is 29.7. The molecule has 4 aliphatic rings. The molecule has 4 aliphatic heterocycles. The molecule has 0 radical (unpaired) electrons. The van der Waals surface area contributed by atoms with Crippen LogP contribution in [0.5, 0.6) is 0 Å². The van der Waals surface area contributed by atoms with Gasteiger partial charge in [0.1, 0.15) is 48.8 Å². The molecule has 5 aromatic carbocycles. The van der Waals surface area contributed by atoms with Gasteiger partial charge in [-0.05, 0) is 27.8 Å². The topological polar surface area (TPSA) is 102 Å². The molecule has 4 bridgehead atoms. The lowest BCUT2D eigenvalue weighted by Gasteiger charge is -2.51. The summed E-state index contributed by atoms with van der Waals surface area (Å²) < 4.78 is 74.0. The fourth-order valence-electron chi connectivity index (χ4n) is 8.28. The van der Waals surface area contributed by atoms with Gasteiger partial charge in [-0.3, -0.25) is 0 Å². The lowest BCUT2D eigenvalue weighted by molar-refractivity contribution is -0.397. The number of ether oxygens (including phenoxy) is 11. The summed E-state index contributed by atoms with van der Waals surface area (Å²) in [5.41, 5.74) is 5.86. The Hall–Kier alpha value is -4.34. The van der Waals surface area contributed by atoms with Crippen LogP contribution >= 0.6 is 0 Å². The summed E-state index contributed by atoms with van der Waals surface area (Å²) in [5.74, 6) is 0. The van der Waals surface area contributed by atoms with Gasteiger partial charge in [0.15, 0.2) is 18.9 Å². The Labute approximate surface area is 351 Å². The third kappa shape index (κ3) is 9.89. The van der Waals surface area contributed by atoms with E-state index in [0.29, 0.717) is 19.8 Å². The van der Waals surface area contributed by atoms with Crippen molar-refractivity contribution in [3.05, 3.63) is 179 Å². The zero-order valence-electron chi connectivity index (χ0n) is 33.6. The summed E-state index contributed by atoms with van der Waals surface area (Å²) in [4.78, 5) is 0. The summed E-state index contributed by atoms with van der Waals surface area (Å²) >= 11 is 0. The Balaban J connectivity index is 1.10. The van der Waals surface area contributed by atoms with E-state index in [1.165, 1.54) is 0 Å². The van der Waals surface area contributed by atoms with Gasteiger partial charge in [-0.15, -0.1) is 0 Å². The van der Waals surface area contributed by atoms with Gasteiger partial charge in [0.2, 0.25) is 0 Å². The Morgan fingerprint density at radius 2 is 1.05 bits per heavy atom. The highest BCUT2D eigenvalue weighted by atomic mass is 16.8.